The van der Waals surface area contributed by atoms with E-state index >= 15 is 0 Å². The molecule has 1 aliphatic rings. The van der Waals surface area contributed by atoms with Crippen LogP contribution in [-0.4, -0.2) is 52.1 Å². The molecule has 9 heteroatoms. The number of benzene rings is 3. The molecule has 3 aromatic carbocycles. The van der Waals surface area contributed by atoms with Crippen LogP contribution in [0.15, 0.2) is 82.8 Å². The minimum absolute atomic E-state index is 0.101. The van der Waals surface area contributed by atoms with Crippen molar-refractivity contribution < 1.29 is 13.2 Å². The molecule has 7 nitrogen and oxygen atoms in total. The lowest BCUT2D eigenvalue weighted by atomic mass is 10.0. The largest absolute Gasteiger partial charge is 0.293 e. The number of para-hydroxylation sites is 1. The van der Waals surface area contributed by atoms with Crippen molar-refractivity contribution in [3.05, 3.63) is 89.5 Å². The Bertz CT molecular complexity index is 1590. The first kappa shape index (κ1) is 28.3. The molecule has 0 N–H and O–H groups in total. The first-order valence-electron chi connectivity index (χ1n) is 13.6. The molecule has 2 heterocycles. The number of hydrogen-bond donors (Lipinski definition) is 0. The Kier molecular flexibility index (Phi) is 8.54. The summed E-state index contributed by atoms with van der Waals surface area (Å²) in [6.07, 6.45) is 2.82. The van der Waals surface area contributed by atoms with E-state index in [2.05, 4.69) is 36.2 Å². The molecule has 0 atom stereocenters. The lowest BCUT2D eigenvalue weighted by molar-refractivity contribution is 0.102. The number of sulfonamides is 1. The molecule has 0 bridgehead atoms. The minimum atomic E-state index is -3.54. The highest BCUT2D eigenvalue weighted by Gasteiger charge is 2.26. The maximum absolute atomic E-state index is 13.2. The lowest BCUT2D eigenvalue weighted by Crippen LogP contribution is -2.35. The number of carbonyl (C=O) groups excluding carboxylic acids is 1. The Morgan fingerprint density at radius 3 is 2.25 bits per heavy atom. The van der Waals surface area contributed by atoms with Crippen LogP contribution in [0.2, 0.25) is 0 Å². The lowest BCUT2D eigenvalue weighted by Gasteiger charge is -2.25. The van der Waals surface area contributed by atoms with E-state index in [1.54, 1.807) is 24.3 Å². The summed E-state index contributed by atoms with van der Waals surface area (Å²) in [7, 11) is -3.54. The average Bonchev–Trinajstić information content (AvgIpc) is 3.40. The molecule has 208 valence electrons. The standard InChI is InChI=1S/C31H34N4O3S2/c1-22(2)27-9-5-6-10-28(27)35-30(25-13-11-23(3)12-14-25)32-33-31(35)39-21-29(36)24-15-17-26(18-16-24)40(37,38)34-19-7-4-8-20-34/h5-6,9-18,22H,4,7-8,19-21H2,1-3H3. The fraction of sp³-hybridized carbons (Fsp3) is 0.323. The molecular formula is C31H34N4O3S2. The molecule has 1 aliphatic heterocycles. The normalized spacial score (nSPS) is 14.5. The maximum atomic E-state index is 13.2. The van der Waals surface area contributed by atoms with Crippen molar-refractivity contribution >= 4 is 27.6 Å². The Hall–Kier alpha value is -3.27. The summed E-state index contributed by atoms with van der Waals surface area (Å²) in [5.41, 5.74) is 4.72. The van der Waals surface area contributed by atoms with E-state index in [4.69, 9.17) is 0 Å². The van der Waals surface area contributed by atoms with Gasteiger partial charge in [0.1, 0.15) is 0 Å². The molecule has 0 spiro atoms. The van der Waals surface area contributed by atoms with Gasteiger partial charge in [0.25, 0.3) is 0 Å². The third-order valence-electron chi connectivity index (χ3n) is 7.20. The number of Topliss-reactive ketones (excluding diaryl/α,β-unsaturated/α-hetero) is 1. The van der Waals surface area contributed by atoms with Crippen molar-refractivity contribution in [2.75, 3.05) is 18.8 Å². The summed E-state index contributed by atoms with van der Waals surface area (Å²) in [5, 5.41) is 9.66. The second-order valence-corrected chi connectivity index (χ2v) is 13.3. The average molecular weight is 575 g/mol. The fourth-order valence-electron chi connectivity index (χ4n) is 4.93. The number of carbonyl (C=O) groups is 1. The summed E-state index contributed by atoms with van der Waals surface area (Å²) >= 11 is 1.33. The zero-order valence-electron chi connectivity index (χ0n) is 23.1. The quantitative estimate of drug-likeness (QED) is 0.167. The number of aryl methyl sites for hydroxylation is 1. The molecule has 0 saturated carbocycles. The molecule has 4 aromatic rings. The number of thioether (sulfide) groups is 1. The summed E-state index contributed by atoms with van der Waals surface area (Å²) < 4.78 is 29.5. The molecule has 0 radical (unpaired) electrons. The summed E-state index contributed by atoms with van der Waals surface area (Å²) in [4.78, 5) is 13.4. The number of ketones is 1. The molecule has 1 saturated heterocycles. The molecule has 0 amide bonds. The van der Waals surface area contributed by atoms with E-state index in [-0.39, 0.29) is 22.3 Å². The van der Waals surface area contributed by atoms with Gasteiger partial charge in [-0.05, 0) is 49.4 Å². The van der Waals surface area contributed by atoms with Crippen molar-refractivity contribution in [1.29, 1.82) is 0 Å². The number of aromatic nitrogens is 3. The van der Waals surface area contributed by atoms with Gasteiger partial charge in [-0.25, -0.2) is 8.42 Å². The number of hydrogen-bond acceptors (Lipinski definition) is 6. The molecule has 0 aliphatic carbocycles. The van der Waals surface area contributed by atoms with Crippen LogP contribution in [0, 0.1) is 6.92 Å². The van der Waals surface area contributed by atoms with Crippen molar-refractivity contribution in [2.45, 2.75) is 56.0 Å². The van der Waals surface area contributed by atoms with Crippen LogP contribution in [0.25, 0.3) is 17.1 Å². The van der Waals surface area contributed by atoms with Gasteiger partial charge in [0.2, 0.25) is 10.0 Å². The van der Waals surface area contributed by atoms with Crippen molar-refractivity contribution in [3.8, 4) is 17.1 Å². The fourth-order valence-corrected chi connectivity index (χ4v) is 7.29. The van der Waals surface area contributed by atoms with Gasteiger partial charge in [-0.2, -0.15) is 4.31 Å². The second-order valence-electron chi connectivity index (χ2n) is 10.4. The van der Waals surface area contributed by atoms with Crippen molar-refractivity contribution in [3.63, 3.8) is 0 Å². The molecule has 40 heavy (non-hydrogen) atoms. The smallest absolute Gasteiger partial charge is 0.243 e. The maximum Gasteiger partial charge on any atom is 0.243 e. The highest BCUT2D eigenvalue weighted by atomic mass is 32.2. The molecule has 1 aromatic heterocycles. The molecular weight excluding hydrogens is 541 g/mol. The van der Waals surface area contributed by atoms with Gasteiger partial charge >= 0.3 is 0 Å². The van der Waals surface area contributed by atoms with E-state index in [0.717, 1.165) is 47.5 Å². The zero-order valence-corrected chi connectivity index (χ0v) is 24.7. The topological polar surface area (TPSA) is 85.2 Å². The Morgan fingerprint density at radius 1 is 0.900 bits per heavy atom. The summed E-state index contributed by atoms with van der Waals surface area (Å²) in [5.74, 6) is 1.04. The second kappa shape index (κ2) is 12.1. The van der Waals surface area contributed by atoms with Gasteiger partial charge in [-0.3, -0.25) is 9.36 Å². The van der Waals surface area contributed by atoms with Gasteiger partial charge in [0, 0.05) is 24.2 Å². The molecule has 1 fully saturated rings. The van der Waals surface area contributed by atoms with Crippen LogP contribution in [0.1, 0.15) is 60.5 Å². The third-order valence-corrected chi connectivity index (χ3v) is 10.0. The first-order valence-corrected chi connectivity index (χ1v) is 16.1. The highest BCUT2D eigenvalue weighted by molar-refractivity contribution is 7.99. The number of rotatable bonds is 9. The van der Waals surface area contributed by atoms with Crippen LogP contribution in [0.4, 0.5) is 0 Å². The third kappa shape index (κ3) is 5.92. The predicted molar refractivity (Wildman–Crippen MR) is 160 cm³/mol. The van der Waals surface area contributed by atoms with Crippen LogP contribution in [-0.2, 0) is 10.0 Å². The van der Waals surface area contributed by atoms with Crippen LogP contribution < -0.4 is 0 Å². The van der Waals surface area contributed by atoms with E-state index in [9.17, 15) is 13.2 Å². The Morgan fingerprint density at radius 2 is 1.57 bits per heavy atom. The summed E-state index contributed by atoms with van der Waals surface area (Å²) in [6.45, 7) is 7.45. The molecule has 5 rings (SSSR count). The minimum Gasteiger partial charge on any atom is -0.293 e. The zero-order chi connectivity index (χ0) is 28.3. The van der Waals surface area contributed by atoms with E-state index in [1.807, 2.05) is 47.9 Å². The Balaban J connectivity index is 1.40. The number of piperidine rings is 1. The SMILES string of the molecule is Cc1ccc(-c2nnc(SCC(=O)c3ccc(S(=O)(=O)N4CCCCC4)cc3)n2-c2ccccc2C(C)C)cc1. The van der Waals surface area contributed by atoms with Gasteiger partial charge in [-0.1, -0.05) is 92.2 Å². The first-order chi connectivity index (χ1) is 19.3. The Labute approximate surface area is 240 Å². The van der Waals surface area contributed by atoms with Crippen molar-refractivity contribution in [1.82, 2.24) is 19.1 Å². The monoisotopic (exact) mass is 574 g/mol. The van der Waals surface area contributed by atoms with Crippen LogP contribution >= 0.6 is 11.8 Å². The van der Waals surface area contributed by atoms with Gasteiger partial charge in [0.15, 0.2) is 16.8 Å². The number of nitrogens with zero attached hydrogens (tertiary/aromatic N) is 4. The molecule has 0 unspecified atom stereocenters. The summed E-state index contributed by atoms with van der Waals surface area (Å²) in [6, 6.07) is 22.7. The van der Waals surface area contributed by atoms with Gasteiger partial charge in [-0.15, -0.1) is 10.2 Å². The van der Waals surface area contributed by atoms with Crippen LogP contribution in [0.3, 0.4) is 0 Å². The van der Waals surface area contributed by atoms with Gasteiger partial charge in [0.05, 0.1) is 16.3 Å². The van der Waals surface area contributed by atoms with Crippen LogP contribution in [0.5, 0.6) is 0 Å². The van der Waals surface area contributed by atoms with Crippen molar-refractivity contribution in [2.24, 2.45) is 0 Å². The van der Waals surface area contributed by atoms with E-state index < -0.39 is 10.0 Å². The van der Waals surface area contributed by atoms with E-state index in [1.165, 1.54) is 16.1 Å². The predicted octanol–water partition coefficient (Wildman–Crippen LogP) is 6.52. The highest BCUT2D eigenvalue weighted by Crippen LogP contribution is 2.32. The van der Waals surface area contributed by atoms with E-state index in [0.29, 0.717) is 23.8 Å². The van der Waals surface area contributed by atoms with Gasteiger partial charge < -0.3 is 0 Å².